The number of hydrogen-bond donors (Lipinski definition) is 2. The van der Waals surface area contributed by atoms with Gasteiger partial charge in [0.15, 0.2) is 0 Å². The zero-order valence-corrected chi connectivity index (χ0v) is 14.2. The van der Waals surface area contributed by atoms with Crippen LogP contribution in [0.1, 0.15) is 11.1 Å². The highest BCUT2D eigenvalue weighted by Gasteiger charge is 2.05. The molecule has 5 heteroatoms. The van der Waals surface area contributed by atoms with Crippen molar-refractivity contribution in [3.63, 3.8) is 0 Å². The van der Waals surface area contributed by atoms with Crippen molar-refractivity contribution in [1.82, 2.24) is 5.32 Å². The van der Waals surface area contributed by atoms with E-state index in [4.69, 9.17) is 4.74 Å². The number of urea groups is 1. The molecule has 22 heavy (non-hydrogen) atoms. The topological polar surface area (TPSA) is 50.4 Å². The summed E-state index contributed by atoms with van der Waals surface area (Å²) in [6.45, 7) is 2.52. The minimum absolute atomic E-state index is 0.211. The van der Waals surface area contributed by atoms with Crippen LogP contribution in [-0.4, -0.2) is 19.7 Å². The fourth-order valence-corrected chi connectivity index (χ4v) is 2.36. The molecule has 4 nitrogen and oxygen atoms in total. The smallest absolute Gasteiger partial charge is 0.319 e. The van der Waals surface area contributed by atoms with E-state index in [-0.39, 0.29) is 6.03 Å². The second kappa shape index (κ2) is 7.84. The number of methoxy groups -OCH3 is 1. The summed E-state index contributed by atoms with van der Waals surface area (Å²) in [5, 5.41) is 5.67. The summed E-state index contributed by atoms with van der Waals surface area (Å²) in [7, 11) is 1.65. The van der Waals surface area contributed by atoms with Gasteiger partial charge in [0.25, 0.3) is 0 Å². The maximum absolute atomic E-state index is 11.9. The van der Waals surface area contributed by atoms with Crippen LogP contribution in [0, 0.1) is 6.92 Å². The Morgan fingerprint density at radius 1 is 1.23 bits per heavy atom. The number of benzene rings is 2. The number of carbonyl (C=O) groups excluding carboxylic acids is 1. The monoisotopic (exact) mass is 362 g/mol. The molecule has 0 saturated carbocycles. The summed E-state index contributed by atoms with van der Waals surface area (Å²) in [5.41, 5.74) is 2.92. The second-order valence-electron chi connectivity index (χ2n) is 4.91. The van der Waals surface area contributed by atoms with E-state index in [9.17, 15) is 4.79 Å². The van der Waals surface area contributed by atoms with Gasteiger partial charge in [-0.3, -0.25) is 0 Å². The highest BCUT2D eigenvalue weighted by molar-refractivity contribution is 9.10. The van der Waals surface area contributed by atoms with Gasteiger partial charge in [0, 0.05) is 16.7 Å². The number of aryl methyl sites for hydroxylation is 1. The Balaban J connectivity index is 1.84. The maximum Gasteiger partial charge on any atom is 0.319 e. The molecule has 2 rings (SSSR count). The molecule has 0 aliphatic carbocycles. The fraction of sp³-hybridized carbons (Fsp3) is 0.235. The molecule has 0 fully saturated rings. The quantitative estimate of drug-likeness (QED) is 0.839. The standard InChI is InChI=1S/C17H19BrN2O2/c1-12-11-14(7-8-15(12)18)20-17(21)19-10-9-13-5-3-4-6-16(13)22-2/h3-8,11H,9-10H2,1-2H3,(H2,19,20,21). The summed E-state index contributed by atoms with van der Waals surface area (Å²) in [5.74, 6) is 0.841. The summed E-state index contributed by atoms with van der Waals surface area (Å²) >= 11 is 3.44. The Hall–Kier alpha value is -2.01. The van der Waals surface area contributed by atoms with Gasteiger partial charge < -0.3 is 15.4 Å². The third-order valence-corrected chi connectivity index (χ3v) is 4.18. The first-order valence-electron chi connectivity index (χ1n) is 7.03. The SMILES string of the molecule is COc1ccccc1CCNC(=O)Nc1ccc(Br)c(C)c1. The summed E-state index contributed by atoms with van der Waals surface area (Å²) < 4.78 is 6.31. The Labute approximate surface area is 139 Å². The summed E-state index contributed by atoms with van der Waals surface area (Å²) in [6, 6.07) is 13.3. The van der Waals surface area contributed by atoms with Crippen molar-refractivity contribution in [3.8, 4) is 5.75 Å². The number of amides is 2. The van der Waals surface area contributed by atoms with Crippen LogP contribution >= 0.6 is 15.9 Å². The predicted molar refractivity (Wildman–Crippen MR) is 92.6 cm³/mol. The van der Waals surface area contributed by atoms with Crippen LogP contribution in [0.2, 0.25) is 0 Å². The Kier molecular flexibility index (Phi) is 5.83. The Morgan fingerprint density at radius 2 is 2.00 bits per heavy atom. The van der Waals surface area contributed by atoms with Gasteiger partial charge in [-0.1, -0.05) is 34.1 Å². The van der Waals surface area contributed by atoms with Crippen LogP contribution in [0.5, 0.6) is 5.75 Å². The first-order valence-corrected chi connectivity index (χ1v) is 7.82. The van der Waals surface area contributed by atoms with Gasteiger partial charge in [-0.25, -0.2) is 4.79 Å². The molecule has 0 unspecified atom stereocenters. The summed E-state index contributed by atoms with van der Waals surface area (Å²) in [4.78, 5) is 11.9. The number of halogens is 1. The van der Waals surface area contributed by atoms with Gasteiger partial charge in [-0.2, -0.15) is 0 Å². The van der Waals surface area contributed by atoms with E-state index in [1.54, 1.807) is 7.11 Å². The molecule has 2 aromatic carbocycles. The maximum atomic E-state index is 11.9. The lowest BCUT2D eigenvalue weighted by molar-refractivity contribution is 0.252. The Morgan fingerprint density at radius 3 is 2.73 bits per heavy atom. The average Bonchev–Trinajstić information content (AvgIpc) is 2.51. The average molecular weight is 363 g/mol. The van der Waals surface area contributed by atoms with E-state index in [0.717, 1.165) is 33.5 Å². The number of anilines is 1. The number of ether oxygens (including phenoxy) is 1. The van der Waals surface area contributed by atoms with Crippen molar-refractivity contribution in [2.24, 2.45) is 0 Å². The van der Waals surface area contributed by atoms with Gasteiger partial charge in [-0.15, -0.1) is 0 Å². The zero-order chi connectivity index (χ0) is 15.9. The van der Waals surface area contributed by atoms with Crippen molar-refractivity contribution in [3.05, 3.63) is 58.1 Å². The van der Waals surface area contributed by atoms with Gasteiger partial charge in [-0.05, 0) is 48.7 Å². The van der Waals surface area contributed by atoms with Crippen LogP contribution in [-0.2, 0) is 6.42 Å². The van der Waals surface area contributed by atoms with Crippen LogP contribution in [0.4, 0.5) is 10.5 Å². The van der Waals surface area contributed by atoms with Crippen LogP contribution < -0.4 is 15.4 Å². The molecule has 0 atom stereocenters. The molecule has 0 saturated heterocycles. The van der Waals surface area contributed by atoms with Crippen molar-refractivity contribution in [1.29, 1.82) is 0 Å². The molecule has 116 valence electrons. The second-order valence-corrected chi connectivity index (χ2v) is 5.76. The molecule has 0 radical (unpaired) electrons. The molecular weight excluding hydrogens is 344 g/mol. The Bertz CT molecular complexity index is 659. The molecule has 2 aromatic rings. The largest absolute Gasteiger partial charge is 0.496 e. The lowest BCUT2D eigenvalue weighted by Gasteiger charge is -2.10. The molecule has 0 aliphatic heterocycles. The normalized spacial score (nSPS) is 10.1. The predicted octanol–water partition coefficient (Wildman–Crippen LogP) is 4.13. The third-order valence-electron chi connectivity index (χ3n) is 3.29. The van der Waals surface area contributed by atoms with Gasteiger partial charge in [0.2, 0.25) is 0 Å². The van der Waals surface area contributed by atoms with E-state index in [2.05, 4.69) is 26.6 Å². The molecule has 0 spiro atoms. The van der Waals surface area contributed by atoms with Crippen molar-refractivity contribution < 1.29 is 9.53 Å². The molecule has 2 N–H and O–H groups in total. The number of carbonyl (C=O) groups is 1. The fourth-order valence-electron chi connectivity index (χ4n) is 2.12. The van der Waals surface area contributed by atoms with E-state index in [1.165, 1.54) is 0 Å². The molecular formula is C17H19BrN2O2. The zero-order valence-electron chi connectivity index (χ0n) is 12.7. The first kappa shape index (κ1) is 16.4. The van der Waals surface area contributed by atoms with Crippen LogP contribution in [0.3, 0.4) is 0 Å². The number of hydrogen-bond acceptors (Lipinski definition) is 2. The number of rotatable bonds is 5. The highest BCUT2D eigenvalue weighted by Crippen LogP contribution is 2.20. The lowest BCUT2D eigenvalue weighted by atomic mass is 10.1. The van der Waals surface area contributed by atoms with E-state index >= 15 is 0 Å². The van der Waals surface area contributed by atoms with Crippen molar-refractivity contribution in [2.45, 2.75) is 13.3 Å². The molecule has 0 heterocycles. The van der Waals surface area contributed by atoms with E-state index in [1.807, 2.05) is 49.4 Å². The van der Waals surface area contributed by atoms with Gasteiger partial charge in [0.05, 0.1) is 7.11 Å². The number of nitrogens with one attached hydrogen (secondary N) is 2. The van der Waals surface area contributed by atoms with E-state index < -0.39 is 0 Å². The molecule has 0 bridgehead atoms. The van der Waals surface area contributed by atoms with Gasteiger partial charge >= 0.3 is 6.03 Å². The van der Waals surface area contributed by atoms with Crippen molar-refractivity contribution >= 4 is 27.6 Å². The highest BCUT2D eigenvalue weighted by atomic mass is 79.9. The van der Waals surface area contributed by atoms with Crippen LogP contribution in [0.15, 0.2) is 46.9 Å². The lowest BCUT2D eigenvalue weighted by Crippen LogP contribution is -2.30. The molecule has 0 aromatic heterocycles. The summed E-state index contributed by atoms with van der Waals surface area (Å²) in [6.07, 6.45) is 0.719. The van der Waals surface area contributed by atoms with Crippen LogP contribution in [0.25, 0.3) is 0 Å². The minimum atomic E-state index is -0.211. The van der Waals surface area contributed by atoms with Gasteiger partial charge in [0.1, 0.15) is 5.75 Å². The molecule has 0 aliphatic rings. The molecule has 2 amide bonds. The first-order chi connectivity index (χ1) is 10.6. The minimum Gasteiger partial charge on any atom is -0.496 e. The van der Waals surface area contributed by atoms with Crippen molar-refractivity contribution in [2.75, 3.05) is 19.0 Å². The third kappa shape index (κ3) is 4.49. The van der Waals surface area contributed by atoms with E-state index in [0.29, 0.717) is 6.54 Å². The number of para-hydroxylation sites is 1.